The third-order valence-electron chi connectivity index (χ3n) is 1.72. The molecule has 2 aromatic rings. The van der Waals surface area contributed by atoms with Crippen molar-refractivity contribution < 1.29 is 13.2 Å². The summed E-state index contributed by atoms with van der Waals surface area (Å²) in [6, 6.07) is 0. The molecule has 0 unspecified atom stereocenters. The van der Waals surface area contributed by atoms with Crippen LogP contribution in [0.5, 0.6) is 0 Å². The van der Waals surface area contributed by atoms with Crippen molar-refractivity contribution in [2.45, 2.75) is 13.1 Å². The lowest BCUT2D eigenvalue weighted by Gasteiger charge is -2.02. The van der Waals surface area contributed by atoms with Crippen LogP contribution in [0.4, 0.5) is 13.2 Å². The highest BCUT2D eigenvalue weighted by Gasteiger charge is 2.34. The van der Waals surface area contributed by atoms with Gasteiger partial charge >= 0.3 is 6.18 Å². The Morgan fingerprint density at radius 2 is 2.07 bits per heavy atom. The summed E-state index contributed by atoms with van der Waals surface area (Å²) >= 11 is 0. The quantitative estimate of drug-likeness (QED) is 0.707. The van der Waals surface area contributed by atoms with E-state index in [1.165, 1.54) is 0 Å². The van der Waals surface area contributed by atoms with E-state index in [1.54, 1.807) is 6.92 Å². The second kappa shape index (κ2) is 2.66. The Labute approximate surface area is 76.2 Å². The molecule has 0 bridgehead atoms. The van der Waals surface area contributed by atoms with Gasteiger partial charge in [0.15, 0.2) is 0 Å². The maximum Gasteiger partial charge on any atom is 0.451 e. The summed E-state index contributed by atoms with van der Waals surface area (Å²) in [5.74, 6) is -1.14. The van der Waals surface area contributed by atoms with E-state index in [9.17, 15) is 13.2 Å². The summed E-state index contributed by atoms with van der Waals surface area (Å²) in [4.78, 5) is 6.55. The van der Waals surface area contributed by atoms with Crippen LogP contribution in [-0.4, -0.2) is 20.2 Å². The van der Waals surface area contributed by atoms with E-state index in [0.717, 1.165) is 6.20 Å². The van der Waals surface area contributed by atoms with E-state index < -0.39 is 12.0 Å². The molecule has 1 N–H and O–H groups in total. The predicted molar refractivity (Wildman–Crippen MR) is 41.4 cm³/mol. The molecule has 14 heavy (non-hydrogen) atoms. The standard InChI is InChI=1S/C7H5F3N4/c1-3-5-4(14-13-3)2-11-6(12-5)7(8,9)10/h2H,1H3,(H,13,14). The first-order valence-corrected chi connectivity index (χ1v) is 3.73. The summed E-state index contributed by atoms with van der Waals surface area (Å²) in [5.41, 5.74) is 1.02. The number of aromatic amines is 1. The Bertz CT molecular complexity index is 473. The Hall–Kier alpha value is -1.66. The van der Waals surface area contributed by atoms with Crippen LogP contribution in [-0.2, 0) is 6.18 Å². The number of rotatable bonds is 0. The zero-order valence-corrected chi connectivity index (χ0v) is 7.05. The highest BCUT2D eigenvalue weighted by Crippen LogP contribution is 2.26. The van der Waals surface area contributed by atoms with Crippen LogP contribution >= 0.6 is 0 Å². The summed E-state index contributed by atoms with van der Waals surface area (Å²) in [5, 5.41) is 6.26. The number of H-pyrrole nitrogens is 1. The Balaban J connectivity index is 2.66. The van der Waals surface area contributed by atoms with Crippen LogP contribution in [0.1, 0.15) is 11.5 Å². The smallest absolute Gasteiger partial charge is 0.280 e. The van der Waals surface area contributed by atoms with E-state index in [4.69, 9.17) is 0 Å². The molecule has 0 spiro atoms. The topological polar surface area (TPSA) is 54.5 Å². The van der Waals surface area contributed by atoms with E-state index in [1.807, 2.05) is 0 Å². The second-order valence-electron chi connectivity index (χ2n) is 2.77. The number of aryl methyl sites for hydroxylation is 1. The minimum atomic E-state index is -4.52. The summed E-state index contributed by atoms with van der Waals surface area (Å²) < 4.78 is 36.6. The number of halogens is 3. The van der Waals surface area contributed by atoms with Gasteiger partial charge in [-0.2, -0.15) is 18.3 Å². The third kappa shape index (κ3) is 1.30. The molecule has 0 amide bonds. The molecule has 0 saturated carbocycles. The largest absolute Gasteiger partial charge is 0.451 e. The molecule has 0 atom stereocenters. The van der Waals surface area contributed by atoms with E-state index in [-0.39, 0.29) is 5.52 Å². The number of nitrogens with zero attached hydrogens (tertiary/aromatic N) is 3. The SMILES string of the molecule is Cc1[nH]nc2cnc(C(F)(F)F)nc12. The molecule has 0 aromatic carbocycles. The van der Waals surface area contributed by atoms with Gasteiger partial charge in [0.1, 0.15) is 11.0 Å². The Morgan fingerprint density at radius 1 is 1.36 bits per heavy atom. The summed E-state index contributed by atoms with van der Waals surface area (Å²) in [6.45, 7) is 1.60. The fourth-order valence-corrected chi connectivity index (χ4v) is 1.07. The number of fused-ring (bicyclic) bond motifs is 1. The normalized spacial score (nSPS) is 12.3. The van der Waals surface area contributed by atoms with Gasteiger partial charge in [-0.1, -0.05) is 0 Å². The molecule has 2 heterocycles. The molecule has 7 heteroatoms. The number of hydrogen-bond donors (Lipinski definition) is 1. The molecular weight excluding hydrogens is 197 g/mol. The van der Waals surface area contributed by atoms with Crippen molar-refractivity contribution in [2.75, 3.05) is 0 Å². The third-order valence-corrected chi connectivity index (χ3v) is 1.72. The van der Waals surface area contributed by atoms with Gasteiger partial charge in [0.25, 0.3) is 0 Å². The molecule has 0 saturated heterocycles. The first-order chi connectivity index (χ1) is 6.48. The maximum absolute atomic E-state index is 12.2. The zero-order valence-electron chi connectivity index (χ0n) is 7.05. The second-order valence-corrected chi connectivity index (χ2v) is 2.77. The average molecular weight is 202 g/mol. The van der Waals surface area contributed by atoms with Gasteiger partial charge in [-0.05, 0) is 6.92 Å². The van der Waals surface area contributed by atoms with Crippen molar-refractivity contribution in [3.05, 3.63) is 17.7 Å². The first-order valence-electron chi connectivity index (χ1n) is 3.73. The van der Waals surface area contributed by atoms with Gasteiger partial charge in [0.2, 0.25) is 5.82 Å². The maximum atomic E-state index is 12.2. The summed E-state index contributed by atoms with van der Waals surface area (Å²) in [6.07, 6.45) is -3.47. The van der Waals surface area contributed by atoms with Crippen molar-refractivity contribution in [3.8, 4) is 0 Å². The number of nitrogens with one attached hydrogen (secondary N) is 1. The fourth-order valence-electron chi connectivity index (χ4n) is 1.07. The molecule has 0 aliphatic heterocycles. The van der Waals surface area contributed by atoms with Crippen molar-refractivity contribution >= 4 is 11.0 Å². The molecule has 0 aliphatic rings. The molecular formula is C7H5F3N4. The zero-order chi connectivity index (χ0) is 10.3. The molecule has 2 rings (SSSR count). The highest BCUT2D eigenvalue weighted by molar-refractivity contribution is 5.75. The van der Waals surface area contributed by atoms with Crippen molar-refractivity contribution in [3.63, 3.8) is 0 Å². The number of alkyl halides is 3. The first kappa shape index (κ1) is 8.92. The van der Waals surface area contributed by atoms with Crippen LogP contribution in [0.3, 0.4) is 0 Å². The summed E-state index contributed by atoms with van der Waals surface area (Å²) in [7, 11) is 0. The van der Waals surface area contributed by atoms with Gasteiger partial charge in [0.05, 0.1) is 11.9 Å². The minimum absolute atomic E-state index is 0.201. The van der Waals surface area contributed by atoms with Crippen LogP contribution < -0.4 is 0 Å². The lowest BCUT2D eigenvalue weighted by Crippen LogP contribution is -2.10. The van der Waals surface area contributed by atoms with Gasteiger partial charge in [-0.25, -0.2) is 9.97 Å². The van der Waals surface area contributed by atoms with E-state index in [2.05, 4.69) is 20.2 Å². The fraction of sp³-hybridized carbons (Fsp3) is 0.286. The minimum Gasteiger partial charge on any atom is -0.280 e. The van der Waals surface area contributed by atoms with Crippen LogP contribution in [0.25, 0.3) is 11.0 Å². The lowest BCUT2D eigenvalue weighted by atomic mass is 10.3. The van der Waals surface area contributed by atoms with Crippen molar-refractivity contribution in [1.29, 1.82) is 0 Å². The number of hydrogen-bond acceptors (Lipinski definition) is 3. The average Bonchev–Trinajstić information content (AvgIpc) is 2.46. The Morgan fingerprint density at radius 3 is 2.71 bits per heavy atom. The van der Waals surface area contributed by atoms with Crippen LogP contribution in [0.2, 0.25) is 0 Å². The predicted octanol–water partition coefficient (Wildman–Crippen LogP) is 1.68. The molecule has 74 valence electrons. The van der Waals surface area contributed by atoms with Crippen molar-refractivity contribution in [2.24, 2.45) is 0 Å². The molecule has 0 radical (unpaired) electrons. The monoisotopic (exact) mass is 202 g/mol. The Kier molecular flexibility index (Phi) is 1.70. The van der Waals surface area contributed by atoms with Gasteiger partial charge < -0.3 is 0 Å². The molecule has 4 nitrogen and oxygen atoms in total. The van der Waals surface area contributed by atoms with Gasteiger partial charge in [-0.3, -0.25) is 5.10 Å². The lowest BCUT2D eigenvalue weighted by molar-refractivity contribution is -0.144. The number of aromatic nitrogens is 4. The molecule has 0 aliphatic carbocycles. The van der Waals surface area contributed by atoms with Gasteiger partial charge in [-0.15, -0.1) is 0 Å². The highest BCUT2D eigenvalue weighted by atomic mass is 19.4. The molecule has 0 fully saturated rings. The molecule has 2 aromatic heterocycles. The van der Waals surface area contributed by atoms with Crippen LogP contribution in [0, 0.1) is 6.92 Å². The van der Waals surface area contributed by atoms with Crippen molar-refractivity contribution in [1.82, 2.24) is 20.2 Å². The van der Waals surface area contributed by atoms with Crippen LogP contribution in [0.15, 0.2) is 6.20 Å². The van der Waals surface area contributed by atoms with Gasteiger partial charge in [0, 0.05) is 0 Å². The van der Waals surface area contributed by atoms with E-state index in [0.29, 0.717) is 11.2 Å². The van der Waals surface area contributed by atoms with E-state index >= 15 is 0 Å².